The first-order valence-electron chi connectivity index (χ1n) is 11.7. The van der Waals surface area contributed by atoms with Gasteiger partial charge in [0.25, 0.3) is 5.91 Å². The number of carbonyl (C=O) groups is 1. The zero-order valence-electron chi connectivity index (χ0n) is 20.5. The van der Waals surface area contributed by atoms with E-state index in [-0.39, 0.29) is 28.9 Å². The predicted molar refractivity (Wildman–Crippen MR) is 135 cm³/mol. The summed E-state index contributed by atoms with van der Waals surface area (Å²) in [6, 6.07) is 17.8. The molecule has 0 bridgehead atoms. The number of carbonyl (C=O) groups excluding carboxylic acids is 1. The van der Waals surface area contributed by atoms with Gasteiger partial charge in [-0.05, 0) is 64.2 Å². The molecule has 1 saturated carbocycles. The molecule has 34 heavy (non-hydrogen) atoms. The zero-order valence-corrected chi connectivity index (χ0v) is 20.5. The lowest BCUT2D eigenvalue weighted by Crippen LogP contribution is -2.57. The number of methoxy groups -OCH3 is 1. The summed E-state index contributed by atoms with van der Waals surface area (Å²) in [6.45, 7) is 6.77. The number of rotatable bonds is 6. The molecule has 0 radical (unpaired) electrons. The molecule has 0 unspecified atom stereocenters. The molecule has 0 aliphatic heterocycles. The minimum absolute atomic E-state index is 0.142. The number of ether oxygens (including phenoxy) is 1. The van der Waals surface area contributed by atoms with Gasteiger partial charge < -0.3 is 20.7 Å². The lowest BCUT2D eigenvalue weighted by Gasteiger charge is -2.48. The van der Waals surface area contributed by atoms with E-state index in [0.29, 0.717) is 17.9 Å². The second-order valence-corrected chi connectivity index (χ2v) is 9.87. The molecule has 3 N–H and O–H groups in total. The number of para-hydroxylation sites is 1. The number of aliphatic imine (C=N–C) groups is 1. The van der Waals surface area contributed by atoms with Gasteiger partial charge >= 0.3 is 0 Å². The number of hydrogen-bond donors (Lipinski definition) is 2. The zero-order chi connectivity index (χ0) is 24.8. The van der Waals surface area contributed by atoms with Crippen molar-refractivity contribution in [2.24, 2.45) is 10.7 Å². The normalized spacial score (nSPS) is 20.8. The fraction of sp³-hybridized carbons (Fsp3) is 0.444. The summed E-state index contributed by atoms with van der Waals surface area (Å²) in [5, 5.41) is 12.2. The van der Waals surface area contributed by atoms with E-state index in [0.717, 1.165) is 25.7 Å². The Hall–Kier alpha value is -3.53. The standard InChI is InChI=1S/C27H35N5O2/c1-26(2,3)32(25(29)31-19-28)21-14-16-27(17-15-21,20-10-6-5-7-11-20)18-30-24(33)22-12-8-9-13-23(22)34-4/h5-13,21H,14-18H2,1-4H3,(H2,29,31)(H,30,33)/t21-,27+. The molecule has 7 heteroatoms. The first kappa shape index (κ1) is 25.1. The Morgan fingerprint density at radius 3 is 2.38 bits per heavy atom. The summed E-state index contributed by atoms with van der Waals surface area (Å²) >= 11 is 0. The van der Waals surface area contributed by atoms with E-state index in [2.05, 4.69) is 48.1 Å². The summed E-state index contributed by atoms with van der Waals surface area (Å²) in [4.78, 5) is 18.9. The van der Waals surface area contributed by atoms with Crippen molar-refractivity contribution >= 4 is 11.9 Å². The number of nitrogens with two attached hydrogens (primary N) is 1. The number of nitrogens with zero attached hydrogens (tertiary/aromatic N) is 3. The number of guanidine groups is 1. The van der Waals surface area contributed by atoms with E-state index >= 15 is 0 Å². The Labute approximate surface area is 202 Å². The van der Waals surface area contributed by atoms with E-state index in [1.807, 2.05) is 36.5 Å². The van der Waals surface area contributed by atoms with Crippen LogP contribution in [0.15, 0.2) is 59.6 Å². The van der Waals surface area contributed by atoms with Crippen LogP contribution >= 0.6 is 0 Å². The molecule has 0 spiro atoms. The van der Waals surface area contributed by atoms with Crippen molar-refractivity contribution in [1.82, 2.24) is 10.2 Å². The highest BCUT2D eigenvalue weighted by molar-refractivity contribution is 5.97. The summed E-state index contributed by atoms with van der Waals surface area (Å²) in [6.07, 6.45) is 5.32. The van der Waals surface area contributed by atoms with E-state index in [9.17, 15) is 4.79 Å². The number of amides is 1. The van der Waals surface area contributed by atoms with Crippen molar-refractivity contribution in [2.75, 3.05) is 13.7 Å². The number of benzene rings is 2. The van der Waals surface area contributed by atoms with Crippen molar-refractivity contribution in [1.29, 1.82) is 5.26 Å². The topological polar surface area (TPSA) is 104 Å². The molecule has 0 aromatic heterocycles. The molecule has 7 nitrogen and oxygen atoms in total. The number of hydrogen-bond acceptors (Lipinski definition) is 4. The van der Waals surface area contributed by atoms with Crippen molar-refractivity contribution in [3.63, 3.8) is 0 Å². The van der Waals surface area contributed by atoms with Crippen molar-refractivity contribution in [3.05, 3.63) is 65.7 Å². The smallest absolute Gasteiger partial charge is 0.255 e. The number of nitriles is 1. The lowest BCUT2D eigenvalue weighted by molar-refractivity contribution is 0.0903. The van der Waals surface area contributed by atoms with E-state index in [1.165, 1.54) is 5.56 Å². The first-order chi connectivity index (χ1) is 16.2. The third-order valence-corrected chi connectivity index (χ3v) is 6.74. The largest absolute Gasteiger partial charge is 0.496 e. The first-order valence-corrected chi connectivity index (χ1v) is 11.7. The maximum Gasteiger partial charge on any atom is 0.255 e. The fourth-order valence-corrected chi connectivity index (χ4v) is 5.13. The van der Waals surface area contributed by atoms with Crippen LogP contribution in [0.2, 0.25) is 0 Å². The van der Waals surface area contributed by atoms with E-state index in [1.54, 1.807) is 19.2 Å². The van der Waals surface area contributed by atoms with Crippen LogP contribution in [0.3, 0.4) is 0 Å². The molecule has 0 saturated heterocycles. The lowest BCUT2D eigenvalue weighted by atomic mass is 9.67. The molecule has 1 amide bonds. The van der Waals surface area contributed by atoms with Gasteiger partial charge in [0, 0.05) is 23.5 Å². The average molecular weight is 462 g/mol. The molecule has 1 aliphatic rings. The highest BCUT2D eigenvalue weighted by Gasteiger charge is 2.41. The van der Waals surface area contributed by atoms with Crippen LogP contribution in [0.25, 0.3) is 0 Å². The maximum absolute atomic E-state index is 13.0. The summed E-state index contributed by atoms with van der Waals surface area (Å²) in [7, 11) is 1.57. The number of nitrogens with one attached hydrogen (secondary N) is 1. The van der Waals surface area contributed by atoms with Crippen molar-refractivity contribution in [3.8, 4) is 11.9 Å². The Morgan fingerprint density at radius 2 is 1.79 bits per heavy atom. The average Bonchev–Trinajstić information content (AvgIpc) is 2.83. The summed E-state index contributed by atoms with van der Waals surface area (Å²) in [5.74, 6) is 0.679. The van der Waals surface area contributed by atoms with Gasteiger partial charge in [-0.3, -0.25) is 4.79 Å². The second-order valence-electron chi connectivity index (χ2n) is 9.87. The van der Waals surface area contributed by atoms with Gasteiger partial charge in [0.05, 0.1) is 12.7 Å². The van der Waals surface area contributed by atoms with Crippen molar-refractivity contribution < 1.29 is 9.53 Å². The quantitative estimate of drug-likeness (QED) is 0.381. The van der Waals surface area contributed by atoms with Gasteiger partial charge in [0.15, 0.2) is 0 Å². The van der Waals surface area contributed by atoms with Crippen LogP contribution in [0, 0.1) is 11.5 Å². The minimum atomic E-state index is -0.264. The van der Waals surface area contributed by atoms with Crippen LogP contribution in [-0.2, 0) is 5.41 Å². The SMILES string of the molecule is COc1ccccc1C(=O)NC[C@]1(c2ccccc2)CC[C@@H](N(C(N)=NC#N)C(C)(C)C)CC1. The molecule has 2 aromatic carbocycles. The van der Waals surface area contributed by atoms with Gasteiger partial charge in [-0.2, -0.15) is 5.26 Å². The molecule has 1 aliphatic carbocycles. The highest BCUT2D eigenvalue weighted by atomic mass is 16.5. The molecular weight excluding hydrogens is 426 g/mol. The maximum atomic E-state index is 13.0. The molecule has 180 valence electrons. The van der Waals surface area contributed by atoms with Crippen LogP contribution in [0.4, 0.5) is 0 Å². The van der Waals surface area contributed by atoms with Gasteiger partial charge in [0.2, 0.25) is 12.2 Å². The van der Waals surface area contributed by atoms with Gasteiger partial charge in [-0.25, -0.2) is 0 Å². The Balaban J connectivity index is 1.83. The molecule has 0 atom stereocenters. The van der Waals surface area contributed by atoms with E-state index < -0.39 is 0 Å². The Bertz CT molecular complexity index is 1040. The Kier molecular flexibility index (Phi) is 7.83. The third-order valence-electron chi connectivity index (χ3n) is 6.74. The van der Waals surface area contributed by atoms with Crippen LogP contribution in [0.1, 0.15) is 62.4 Å². The van der Waals surface area contributed by atoms with Crippen LogP contribution < -0.4 is 15.8 Å². The Morgan fingerprint density at radius 1 is 1.18 bits per heavy atom. The van der Waals surface area contributed by atoms with Gasteiger partial charge in [-0.1, -0.05) is 42.5 Å². The van der Waals surface area contributed by atoms with Gasteiger partial charge in [0.1, 0.15) is 5.75 Å². The summed E-state index contributed by atoms with van der Waals surface area (Å²) < 4.78 is 5.37. The third kappa shape index (κ3) is 5.51. The predicted octanol–water partition coefficient (Wildman–Crippen LogP) is 4.20. The molecule has 1 fully saturated rings. The second kappa shape index (κ2) is 10.6. The highest BCUT2D eigenvalue weighted by Crippen LogP contribution is 2.41. The molecule has 0 heterocycles. The monoisotopic (exact) mass is 461 g/mol. The van der Waals surface area contributed by atoms with Crippen molar-refractivity contribution in [2.45, 2.75) is 63.5 Å². The molecular formula is C27H35N5O2. The minimum Gasteiger partial charge on any atom is -0.496 e. The summed E-state index contributed by atoms with van der Waals surface area (Å²) in [5.41, 5.74) is 7.49. The molecule has 2 aromatic rings. The van der Waals surface area contributed by atoms with Crippen LogP contribution in [-0.4, -0.2) is 42.0 Å². The molecule has 3 rings (SSSR count). The fourth-order valence-electron chi connectivity index (χ4n) is 5.13. The van der Waals surface area contributed by atoms with Gasteiger partial charge in [-0.15, -0.1) is 4.99 Å². The van der Waals surface area contributed by atoms with Crippen LogP contribution in [0.5, 0.6) is 5.75 Å². The van der Waals surface area contributed by atoms with E-state index in [4.69, 9.17) is 15.7 Å².